The molecule has 4 aromatic heterocycles. The van der Waals surface area contributed by atoms with Crippen LogP contribution in [0.25, 0.3) is 128 Å². The average Bonchev–Trinajstić information content (AvgIpc) is 4.03. The summed E-state index contributed by atoms with van der Waals surface area (Å²) in [5.74, 6) is 0.628. The molecule has 0 saturated heterocycles. The van der Waals surface area contributed by atoms with Gasteiger partial charge in [-0.25, -0.2) is 9.97 Å². The SMILES string of the molecule is c1ccc(-c2cc(-c3ccc4c(c3)oc3ccccc34)nc(-c3cccc4oc5ccc(-c6ccc(-c7ccc8c(c7)c7ccccc7n8-c7ccccc7)cc6)cc5c34)n2)cc1. The Morgan fingerprint density at radius 2 is 0.889 bits per heavy atom. The Labute approximate surface area is 361 Å². The first kappa shape index (κ1) is 35.2. The Kier molecular flexibility index (Phi) is 7.84. The molecule has 5 nitrogen and oxygen atoms in total. The van der Waals surface area contributed by atoms with Gasteiger partial charge in [0.15, 0.2) is 5.82 Å². The lowest BCUT2D eigenvalue weighted by Gasteiger charge is -2.10. The van der Waals surface area contributed by atoms with Gasteiger partial charge in [0.05, 0.1) is 22.4 Å². The number of nitrogens with zero attached hydrogens (tertiary/aromatic N) is 3. The van der Waals surface area contributed by atoms with Crippen LogP contribution in [-0.4, -0.2) is 14.5 Å². The largest absolute Gasteiger partial charge is 0.456 e. The Hall–Kier alpha value is -8.54. The predicted octanol–water partition coefficient (Wildman–Crippen LogP) is 15.7. The summed E-state index contributed by atoms with van der Waals surface area (Å²) in [7, 11) is 0. The van der Waals surface area contributed by atoms with Crippen LogP contribution < -0.4 is 0 Å². The monoisotopic (exact) mass is 805 g/mol. The summed E-state index contributed by atoms with van der Waals surface area (Å²) in [5.41, 5.74) is 16.0. The van der Waals surface area contributed by atoms with E-state index < -0.39 is 0 Å². The number of benzene rings is 9. The van der Waals surface area contributed by atoms with Gasteiger partial charge in [0.25, 0.3) is 0 Å². The zero-order valence-electron chi connectivity index (χ0n) is 33.9. The third-order valence-corrected chi connectivity index (χ3v) is 12.4. The molecule has 63 heavy (non-hydrogen) atoms. The van der Waals surface area contributed by atoms with Gasteiger partial charge in [0.1, 0.15) is 22.3 Å². The van der Waals surface area contributed by atoms with Crippen LogP contribution in [-0.2, 0) is 0 Å². The standard InChI is InChI=1S/C58H35N3O2/c1-3-12-38(13-4-1)49-35-50(41-26-29-45-44-17-8-10-20-53(44)63-56(45)34-41)60-58(59-49)46-18-11-21-55-57(46)48-33-40(28-31-54(48)62-55)37-24-22-36(23-25-37)39-27-30-52-47(32-39)43-16-7-9-19-51(43)61(52)42-14-5-2-6-15-42/h1-35H. The number of aromatic nitrogens is 3. The molecule has 5 heteroatoms. The van der Waals surface area contributed by atoms with Gasteiger partial charge in [0, 0.05) is 54.7 Å². The number of rotatable bonds is 6. The van der Waals surface area contributed by atoms with Gasteiger partial charge in [0.2, 0.25) is 0 Å². The number of fused-ring (bicyclic) bond motifs is 9. The number of para-hydroxylation sites is 3. The normalized spacial score (nSPS) is 11.8. The summed E-state index contributed by atoms with van der Waals surface area (Å²) in [6.07, 6.45) is 0. The maximum atomic E-state index is 6.52. The van der Waals surface area contributed by atoms with Crippen molar-refractivity contribution in [3.63, 3.8) is 0 Å². The van der Waals surface area contributed by atoms with Crippen LogP contribution in [0.3, 0.4) is 0 Å². The molecule has 0 aliphatic heterocycles. The van der Waals surface area contributed by atoms with E-state index in [2.05, 4.69) is 168 Å². The maximum Gasteiger partial charge on any atom is 0.161 e. The Bertz CT molecular complexity index is 3900. The molecule has 294 valence electrons. The van der Waals surface area contributed by atoms with Gasteiger partial charge in [-0.1, -0.05) is 140 Å². The molecule has 0 aliphatic rings. The second kappa shape index (κ2) is 14.0. The topological polar surface area (TPSA) is 57.0 Å². The van der Waals surface area contributed by atoms with Gasteiger partial charge in [-0.3, -0.25) is 0 Å². The minimum atomic E-state index is 0.628. The zero-order valence-corrected chi connectivity index (χ0v) is 33.9. The van der Waals surface area contributed by atoms with Crippen molar-refractivity contribution in [2.24, 2.45) is 0 Å². The molecule has 4 heterocycles. The van der Waals surface area contributed by atoms with Crippen molar-refractivity contribution in [1.29, 1.82) is 0 Å². The van der Waals surface area contributed by atoms with Crippen LogP contribution in [0.5, 0.6) is 0 Å². The van der Waals surface area contributed by atoms with Gasteiger partial charge in [-0.15, -0.1) is 0 Å². The second-order valence-electron chi connectivity index (χ2n) is 16.1. The molecular formula is C58H35N3O2. The fraction of sp³-hybridized carbons (Fsp3) is 0. The highest BCUT2D eigenvalue weighted by Gasteiger charge is 2.19. The number of hydrogen-bond acceptors (Lipinski definition) is 4. The van der Waals surface area contributed by atoms with Crippen molar-refractivity contribution >= 4 is 65.7 Å². The zero-order chi connectivity index (χ0) is 41.4. The van der Waals surface area contributed by atoms with E-state index in [9.17, 15) is 0 Å². The van der Waals surface area contributed by atoms with E-state index in [1.807, 2.05) is 48.5 Å². The van der Waals surface area contributed by atoms with Gasteiger partial charge in [-0.2, -0.15) is 0 Å². The molecule has 13 aromatic rings. The van der Waals surface area contributed by atoms with Gasteiger partial charge in [-0.05, 0) is 95.1 Å². The third kappa shape index (κ3) is 5.78. The van der Waals surface area contributed by atoms with Crippen molar-refractivity contribution in [3.8, 4) is 61.8 Å². The van der Waals surface area contributed by atoms with Crippen LogP contribution in [0.2, 0.25) is 0 Å². The maximum absolute atomic E-state index is 6.52. The van der Waals surface area contributed by atoms with E-state index in [-0.39, 0.29) is 0 Å². The van der Waals surface area contributed by atoms with E-state index in [4.69, 9.17) is 18.8 Å². The van der Waals surface area contributed by atoms with Crippen molar-refractivity contribution in [2.75, 3.05) is 0 Å². The minimum absolute atomic E-state index is 0.628. The van der Waals surface area contributed by atoms with E-state index in [0.29, 0.717) is 5.82 Å². The quantitative estimate of drug-likeness (QED) is 0.168. The molecule has 9 aromatic carbocycles. The lowest BCUT2D eigenvalue weighted by atomic mass is 9.97. The first-order valence-electron chi connectivity index (χ1n) is 21.2. The Balaban J connectivity index is 0.902. The molecule has 0 radical (unpaired) electrons. The van der Waals surface area contributed by atoms with Crippen molar-refractivity contribution in [3.05, 3.63) is 212 Å². The summed E-state index contributed by atoms with van der Waals surface area (Å²) in [5, 5.41) is 6.66. The molecule has 0 bridgehead atoms. The lowest BCUT2D eigenvalue weighted by molar-refractivity contribution is 0.668. The molecular weight excluding hydrogens is 771 g/mol. The summed E-state index contributed by atoms with van der Waals surface area (Å²) >= 11 is 0. The predicted molar refractivity (Wildman–Crippen MR) is 258 cm³/mol. The molecule has 0 atom stereocenters. The van der Waals surface area contributed by atoms with Crippen LogP contribution in [0, 0.1) is 0 Å². The van der Waals surface area contributed by atoms with Crippen molar-refractivity contribution in [1.82, 2.24) is 14.5 Å². The molecule has 0 saturated carbocycles. The van der Waals surface area contributed by atoms with E-state index in [1.165, 1.54) is 32.9 Å². The van der Waals surface area contributed by atoms with Crippen molar-refractivity contribution < 1.29 is 8.83 Å². The average molecular weight is 806 g/mol. The van der Waals surface area contributed by atoms with Crippen molar-refractivity contribution in [2.45, 2.75) is 0 Å². The highest BCUT2D eigenvalue weighted by atomic mass is 16.3. The van der Waals surface area contributed by atoms with Gasteiger partial charge >= 0.3 is 0 Å². The Morgan fingerprint density at radius 3 is 1.70 bits per heavy atom. The molecule has 0 fully saturated rings. The van der Waals surface area contributed by atoms with Crippen LogP contribution in [0.4, 0.5) is 0 Å². The first-order valence-corrected chi connectivity index (χ1v) is 21.2. The molecule has 0 N–H and O–H groups in total. The summed E-state index contributed by atoms with van der Waals surface area (Å²) in [4.78, 5) is 10.5. The molecule has 0 aliphatic carbocycles. The van der Waals surface area contributed by atoms with Gasteiger partial charge < -0.3 is 13.4 Å². The second-order valence-corrected chi connectivity index (χ2v) is 16.1. The highest BCUT2D eigenvalue weighted by molar-refractivity contribution is 6.13. The van der Waals surface area contributed by atoms with E-state index >= 15 is 0 Å². The lowest BCUT2D eigenvalue weighted by Crippen LogP contribution is -1.96. The van der Waals surface area contributed by atoms with Crippen LogP contribution in [0.15, 0.2) is 221 Å². The smallest absolute Gasteiger partial charge is 0.161 e. The molecule has 0 unspecified atom stereocenters. The third-order valence-electron chi connectivity index (χ3n) is 12.4. The number of furan rings is 2. The van der Waals surface area contributed by atoms with E-state index in [1.54, 1.807) is 0 Å². The first-order chi connectivity index (χ1) is 31.2. The molecule has 0 spiro atoms. The number of hydrogen-bond donors (Lipinski definition) is 0. The highest BCUT2D eigenvalue weighted by Crippen LogP contribution is 2.41. The Morgan fingerprint density at radius 1 is 0.317 bits per heavy atom. The fourth-order valence-electron chi connectivity index (χ4n) is 9.41. The minimum Gasteiger partial charge on any atom is -0.456 e. The summed E-state index contributed by atoms with van der Waals surface area (Å²) in [6, 6.07) is 74.4. The van der Waals surface area contributed by atoms with Crippen LogP contribution >= 0.6 is 0 Å². The molecule has 13 rings (SSSR count). The van der Waals surface area contributed by atoms with E-state index in [0.717, 1.165) is 88.8 Å². The van der Waals surface area contributed by atoms with Crippen LogP contribution in [0.1, 0.15) is 0 Å². The molecule has 0 amide bonds. The summed E-state index contributed by atoms with van der Waals surface area (Å²) < 4.78 is 15.2. The summed E-state index contributed by atoms with van der Waals surface area (Å²) in [6.45, 7) is 0. The fourth-order valence-corrected chi connectivity index (χ4v) is 9.41.